The van der Waals surface area contributed by atoms with E-state index in [0.29, 0.717) is 12.4 Å². The molecule has 1 aromatic rings. The number of hydrogen-bond donors (Lipinski definition) is 0. The summed E-state index contributed by atoms with van der Waals surface area (Å²) >= 11 is 0. The van der Waals surface area contributed by atoms with Crippen LogP contribution in [0.3, 0.4) is 0 Å². The van der Waals surface area contributed by atoms with Gasteiger partial charge in [0.05, 0.1) is 6.61 Å². The predicted octanol–water partition coefficient (Wildman–Crippen LogP) is 2.37. The van der Waals surface area contributed by atoms with E-state index in [-0.39, 0.29) is 5.82 Å². The van der Waals surface area contributed by atoms with Gasteiger partial charge in [0.15, 0.2) is 11.6 Å². The Hall–Kier alpha value is -1.13. The van der Waals surface area contributed by atoms with Crippen LogP contribution in [-0.4, -0.2) is 55.2 Å². The third-order valence-electron chi connectivity index (χ3n) is 4.18. The van der Waals surface area contributed by atoms with E-state index < -0.39 is 0 Å². The molecule has 1 saturated heterocycles. The van der Waals surface area contributed by atoms with Crippen LogP contribution < -0.4 is 4.74 Å². The van der Waals surface area contributed by atoms with Gasteiger partial charge in [-0.25, -0.2) is 4.39 Å². The van der Waals surface area contributed by atoms with Crippen molar-refractivity contribution in [2.75, 3.05) is 39.3 Å². The van der Waals surface area contributed by atoms with E-state index in [1.165, 1.54) is 32.0 Å². The Labute approximate surface area is 120 Å². The molecule has 1 aromatic carbocycles. The number of halogens is 1. The number of benzene rings is 1. The summed E-state index contributed by atoms with van der Waals surface area (Å²) in [6, 6.07) is 7.49. The van der Waals surface area contributed by atoms with Crippen molar-refractivity contribution in [3.8, 4) is 5.75 Å². The lowest BCUT2D eigenvalue weighted by Gasteiger charge is -2.34. The highest BCUT2D eigenvalue weighted by Gasteiger charge is 2.30. The molecule has 1 saturated carbocycles. The highest BCUT2D eigenvalue weighted by molar-refractivity contribution is 5.23. The summed E-state index contributed by atoms with van der Waals surface area (Å²) in [5, 5.41) is 0. The van der Waals surface area contributed by atoms with Crippen molar-refractivity contribution in [3.05, 3.63) is 30.1 Å². The molecule has 0 unspecified atom stereocenters. The summed E-state index contributed by atoms with van der Waals surface area (Å²) in [5.74, 6) is 0.0941. The molecular formula is C16H23FN2O. The van der Waals surface area contributed by atoms with Gasteiger partial charge in [0.2, 0.25) is 0 Å². The average Bonchev–Trinajstić information content (AvgIpc) is 3.31. The Morgan fingerprint density at radius 2 is 1.85 bits per heavy atom. The second kappa shape index (κ2) is 6.55. The van der Waals surface area contributed by atoms with Crippen LogP contribution in [-0.2, 0) is 0 Å². The van der Waals surface area contributed by atoms with Gasteiger partial charge in [-0.1, -0.05) is 12.1 Å². The van der Waals surface area contributed by atoms with E-state index in [9.17, 15) is 4.39 Å². The van der Waals surface area contributed by atoms with Gasteiger partial charge in [-0.05, 0) is 31.4 Å². The Kier molecular flexibility index (Phi) is 4.53. The molecule has 1 aliphatic carbocycles. The SMILES string of the molecule is Fc1ccccc1OCCCN1CCN(C2CC2)CC1. The lowest BCUT2D eigenvalue weighted by molar-refractivity contribution is 0.120. The van der Waals surface area contributed by atoms with E-state index in [2.05, 4.69) is 9.80 Å². The molecule has 0 N–H and O–H groups in total. The van der Waals surface area contributed by atoms with Gasteiger partial charge in [0.25, 0.3) is 0 Å². The largest absolute Gasteiger partial charge is 0.490 e. The molecular weight excluding hydrogens is 255 g/mol. The van der Waals surface area contributed by atoms with E-state index in [1.807, 2.05) is 0 Å². The molecule has 0 atom stereocenters. The zero-order valence-corrected chi connectivity index (χ0v) is 11.9. The monoisotopic (exact) mass is 278 g/mol. The molecule has 1 heterocycles. The maximum atomic E-state index is 13.4. The minimum atomic E-state index is -0.273. The molecule has 3 rings (SSSR count). The smallest absolute Gasteiger partial charge is 0.165 e. The lowest BCUT2D eigenvalue weighted by Crippen LogP contribution is -2.47. The second-order valence-electron chi connectivity index (χ2n) is 5.74. The molecule has 0 aromatic heterocycles. The topological polar surface area (TPSA) is 15.7 Å². The van der Waals surface area contributed by atoms with Crippen LogP contribution in [0.4, 0.5) is 4.39 Å². The summed E-state index contributed by atoms with van der Waals surface area (Å²) in [4.78, 5) is 5.11. The quantitative estimate of drug-likeness (QED) is 0.743. The summed E-state index contributed by atoms with van der Waals surface area (Å²) in [6.07, 6.45) is 3.75. The first kappa shape index (κ1) is 13.8. The van der Waals surface area contributed by atoms with E-state index in [4.69, 9.17) is 4.74 Å². The minimum Gasteiger partial charge on any atom is -0.490 e. The number of hydrogen-bond acceptors (Lipinski definition) is 3. The van der Waals surface area contributed by atoms with E-state index in [0.717, 1.165) is 32.1 Å². The maximum absolute atomic E-state index is 13.4. The zero-order chi connectivity index (χ0) is 13.8. The number of ether oxygens (including phenoxy) is 1. The van der Waals surface area contributed by atoms with Crippen LogP contribution in [0.1, 0.15) is 19.3 Å². The molecule has 3 nitrogen and oxygen atoms in total. The van der Waals surface area contributed by atoms with Crippen molar-refractivity contribution < 1.29 is 9.13 Å². The van der Waals surface area contributed by atoms with Gasteiger partial charge in [-0.3, -0.25) is 4.90 Å². The highest BCUT2D eigenvalue weighted by atomic mass is 19.1. The standard InChI is InChI=1S/C16H23FN2O/c17-15-4-1-2-5-16(15)20-13-3-8-18-9-11-19(12-10-18)14-6-7-14/h1-2,4-5,14H,3,6-13H2. The van der Waals surface area contributed by atoms with Crippen molar-refractivity contribution in [2.45, 2.75) is 25.3 Å². The van der Waals surface area contributed by atoms with Gasteiger partial charge in [-0.15, -0.1) is 0 Å². The third kappa shape index (κ3) is 3.70. The number of rotatable bonds is 6. The lowest BCUT2D eigenvalue weighted by atomic mass is 10.3. The van der Waals surface area contributed by atoms with Crippen molar-refractivity contribution in [3.63, 3.8) is 0 Å². The summed E-state index contributed by atoms with van der Waals surface area (Å²) in [6.45, 7) is 6.38. The van der Waals surface area contributed by atoms with Gasteiger partial charge in [0, 0.05) is 38.8 Å². The molecule has 0 bridgehead atoms. The third-order valence-corrected chi connectivity index (χ3v) is 4.18. The van der Waals surface area contributed by atoms with Crippen molar-refractivity contribution in [1.29, 1.82) is 0 Å². The summed E-state index contributed by atoms with van der Waals surface area (Å²) < 4.78 is 18.8. The highest BCUT2D eigenvalue weighted by Crippen LogP contribution is 2.27. The van der Waals surface area contributed by atoms with E-state index in [1.54, 1.807) is 18.2 Å². The first-order valence-electron chi connectivity index (χ1n) is 7.66. The zero-order valence-electron chi connectivity index (χ0n) is 11.9. The van der Waals surface area contributed by atoms with Crippen LogP contribution in [0.25, 0.3) is 0 Å². The average molecular weight is 278 g/mol. The summed E-state index contributed by atoms with van der Waals surface area (Å²) in [7, 11) is 0. The first-order chi connectivity index (χ1) is 9.83. The van der Waals surface area contributed by atoms with Crippen LogP contribution >= 0.6 is 0 Å². The fourth-order valence-corrected chi connectivity index (χ4v) is 2.82. The molecule has 0 amide bonds. The fraction of sp³-hybridized carbons (Fsp3) is 0.625. The van der Waals surface area contributed by atoms with Gasteiger partial charge >= 0.3 is 0 Å². The molecule has 2 fully saturated rings. The first-order valence-corrected chi connectivity index (χ1v) is 7.66. The van der Waals surface area contributed by atoms with Crippen molar-refractivity contribution >= 4 is 0 Å². The second-order valence-corrected chi connectivity index (χ2v) is 5.74. The molecule has 2 aliphatic rings. The van der Waals surface area contributed by atoms with Crippen molar-refractivity contribution in [1.82, 2.24) is 9.80 Å². The summed E-state index contributed by atoms with van der Waals surface area (Å²) in [5.41, 5.74) is 0. The van der Waals surface area contributed by atoms with Gasteiger partial charge in [0.1, 0.15) is 0 Å². The van der Waals surface area contributed by atoms with Crippen LogP contribution in [0.2, 0.25) is 0 Å². The molecule has 110 valence electrons. The van der Waals surface area contributed by atoms with Crippen molar-refractivity contribution in [2.24, 2.45) is 0 Å². The number of para-hydroxylation sites is 1. The van der Waals surface area contributed by atoms with Gasteiger partial charge < -0.3 is 9.64 Å². The van der Waals surface area contributed by atoms with E-state index >= 15 is 0 Å². The minimum absolute atomic E-state index is 0.273. The maximum Gasteiger partial charge on any atom is 0.165 e. The van der Waals surface area contributed by atoms with Crippen LogP contribution in [0.15, 0.2) is 24.3 Å². The Morgan fingerprint density at radius 1 is 1.10 bits per heavy atom. The normalized spacial score (nSPS) is 21.1. The van der Waals surface area contributed by atoms with Gasteiger partial charge in [-0.2, -0.15) is 0 Å². The number of piperazine rings is 1. The van der Waals surface area contributed by atoms with Crippen LogP contribution in [0.5, 0.6) is 5.75 Å². The fourth-order valence-electron chi connectivity index (χ4n) is 2.82. The Morgan fingerprint density at radius 3 is 2.55 bits per heavy atom. The molecule has 20 heavy (non-hydrogen) atoms. The molecule has 1 aliphatic heterocycles. The number of nitrogens with zero attached hydrogens (tertiary/aromatic N) is 2. The molecule has 0 radical (unpaired) electrons. The Bertz CT molecular complexity index is 428. The van der Waals surface area contributed by atoms with Crippen LogP contribution in [0, 0.1) is 5.82 Å². The molecule has 4 heteroatoms. The molecule has 0 spiro atoms. The predicted molar refractivity (Wildman–Crippen MR) is 77.5 cm³/mol. The Balaban J connectivity index is 1.31.